The zero-order valence-corrected chi connectivity index (χ0v) is 32.0. The maximum atomic E-state index is 4.05. The molecule has 2 aromatic rings. The Morgan fingerprint density at radius 3 is 1.28 bits per heavy atom. The molecule has 2 unspecified atom stereocenters. The molecule has 11 heteroatoms. The number of hydrogen-bond donors (Lipinski definition) is 0. The maximum Gasteiger partial charge on any atom is 0.124 e. The van der Waals surface area contributed by atoms with Crippen LogP contribution in [0.3, 0.4) is 0 Å². The fourth-order valence-corrected chi connectivity index (χ4v) is 12.3. The van der Waals surface area contributed by atoms with Gasteiger partial charge in [-0.3, -0.25) is 0 Å². The van der Waals surface area contributed by atoms with E-state index < -0.39 is 15.1 Å². The third-order valence-electron chi connectivity index (χ3n) is 4.72. The van der Waals surface area contributed by atoms with Crippen molar-refractivity contribution in [1.29, 1.82) is 0 Å². The van der Waals surface area contributed by atoms with E-state index in [9.17, 15) is 0 Å². The van der Waals surface area contributed by atoms with E-state index in [1.165, 1.54) is 0 Å². The maximum absolute atomic E-state index is 4.05. The highest BCUT2D eigenvalue weighted by Gasteiger charge is 2.63. The largest absolute Gasteiger partial charge is 0.124 e. The Morgan fingerprint density at radius 1 is 0.517 bits per heavy atom. The van der Waals surface area contributed by atoms with Crippen molar-refractivity contribution >= 4 is 175 Å². The summed E-state index contributed by atoms with van der Waals surface area (Å²) in [5, 5.41) is 0. The number of benzene rings is 2. The van der Waals surface area contributed by atoms with Gasteiger partial charge < -0.3 is 0 Å². The van der Waals surface area contributed by atoms with Crippen molar-refractivity contribution in [2.45, 2.75) is 29.0 Å². The van der Waals surface area contributed by atoms with E-state index >= 15 is 0 Å². The first-order valence-corrected chi connectivity index (χ1v) is 16.5. The molecule has 0 nitrogen and oxygen atoms in total. The molecular formula is C18H11Br11. The first kappa shape index (κ1) is 29.0. The molecule has 0 fully saturated rings. The first-order chi connectivity index (χ1) is 13.0. The van der Waals surface area contributed by atoms with Gasteiger partial charge in [-0.1, -0.05) is 126 Å². The molecule has 0 heterocycles. The second-order valence-corrected chi connectivity index (χ2v) is 20.5. The average molecular weight is 1110 g/mol. The van der Waals surface area contributed by atoms with Gasteiger partial charge in [-0.2, -0.15) is 0 Å². The van der Waals surface area contributed by atoms with Crippen LogP contribution in [0.2, 0.25) is 0 Å². The van der Waals surface area contributed by atoms with Crippen molar-refractivity contribution in [3.8, 4) is 0 Å². The summed E-state index contributed by atoms with van der Waals surface area (Å²) >= 11 is 42.4. The Labute approximate surface area is 263 Å². The minimum atomic E-state index is -0.726. The molecule has 0 radical (unpaired) electrons. The molecule has 0 aliphatic rings. The van der Waals surface area contributed by atoms with Crippen LogP contribution in [0.5, 0.6) is 0 Å². The van der Waals surface area contributed by atoms with E-state index in [-0.39, 0.29) is 0 Å². The zero-order valence-electron chi connectivity index (χ0n) is 14.5. The molecule has 0 bridgehead atoms. The summed E-state index contributed by atoms with van der Waals surface area (Å²) < 4.78 is 2.02. The van der Waals surface area contributed by atoms with Crippen LogP contribution in [0, 0.1) is 0 Å². The van der Waals surface area contributed by atoms with Crippen molar-refractivity contribution in [1.82, 2.24) is 0 Å². The van der Waals surface area contributed by atoms with Gasteiger partial charge >= 0.3 is 0 Å². The molecule has 0 amide bonds. The van der Waals surface area contributed by atoms with E-state index in [0.717, 1.165) is 33.5 Å². The minimum Gasteiger partial charge on any atom is -0.0812 e. The van der Waals surface area contributed by atoms with Crippen LogP contribution in [0.1, 0.15) is 25.0 Å². The number of alkyl halides is 6. The molecule has 0 spiro atoms. The number of halogens is 11. The lowest BCUT2D eigenvalue weighted by molar-refractivity contribution is 0.455. The molecule has 160 valence electrons. The summed E-state index contributed by atoms with van der Waals surface area (Å²) in [5.41, 5.74) is 2.05. The normalized spacial score (nSPS) is 17.0. The van der Waals surface area contributed by atoms with Gasteiger partial charge in [0.2, 0.25) is 0 Å². The lowest BCUT2D eigenvalue weighted by Gasteiger charge is -2.52. The molecule has 0 aliphatic heterocycles. The molecular weight excluding hydrogens is 1100 g/mol. The van der Waals surface area contributed by atoms with Gasteiger partial charge in [-0.25, -0.2) is 0 Å². The Balaban J connectivity index is 2.75. The Hall–Kier alpha value is 3.72. The lowest BCUT2D eigenvalue weighted by atomic mass is 9.84. The first-order valence-electron chi connectivity index (χ1n) is 7.74. The second-order valence-electron chi connectivity index (χ2n) is 6.47. The summed E-state index contributed by atoms with van der Waals surface area (Å²) in [6, 6.07) is 10.2. The summed E-state index contributed by atoms with van der Waals surface area (Å²) in [5.74, 6) is 0. The molecule has 0 N–H and O–H groups in total. The highest BCUT2D eigenvalue weighted by atomic mass is 79.9. The van der Waals surface area contributed by atoms with Gasteiger partial charge in [0.15, 0.2) is 0 Å². The van der Waals surface area contributed by atoms with Gasteiger partial charge in [-0.15, -0.1) is 0 Å². The molecule has 2 rings (SSSR count). The van der Waals surface area contributed by atoms with Gasteiger partial charge in [0.1, 0.15) is 6.47 Å². The third-order valence-corrected chi connectivity index (χ3v) is 21.1. The van der Waals surface area contributed by atoms with Crippen LogP contribution in [-0.4, -0.2) is 8.65 Å². The second kappa shape index (κ2) is 10.4. The monoisotopic (exact) mass is 1100 g/mol. The summed E-state index contributed by atoms with van der Waals surface area (Å²) in [4.78, 5) is 0. The van der Waals surface area contributed by atoms with E-state index in [1.807, 2.05) is 18.2 Å². The van der Waals surface area contributed by atoms with E-state index in [0.29, 0.717) is 0 Å². The fraction of sp³-hybridized carbons (Fsp3) is 0.333. The Morgan fingerprint density at radius 2 is 0.862 bits per heavy atom. The van der Waals surface area contributed by atoms with Gasteiger partial charge in [-0.05, 0) is 99.1 Å². The topological polar surface area (TPSA) is 0 Å². The summed E-state index contributed by atoms with van der Waals surface area (Å²) in [6.07, 6.45) is 0. The summed E-state index contributed by atoms with van der Waals surface area (Å²) in [7, 11) is 0. The summed E-state index contributed by atoms with van der Waals surface area (Å²) in [6.45, 7) is 4.24. The molecule has 0 saturated carbocycles. The third kappa shape index (κ3) is 5.02. The van der Waals surface area contributed by atoms with Crippen molar-refractivity contribution < 1.29 is 0 Å². The Kier molecular flexibility index (Phi) is 10.4. The van der Waals surface area contributed by atoms with Gasteiger partial charge in [0.25, 0.3) is 0 Å². The number of hydrogen-bond acceptors (Lipinski definition) is 0. The highest BCUT2D eigenvalue weighted by molar-refractivity contribution is 9.26. The molecule has 0 aromatic heterocycles. The predicted molar refractivity (Wildman–Crippen MR) is 165 cm³/mol. The molecule has 2 atom stereocenters. The highest BCUT2D eigenvalue weighted by Crippen LogP contribution is 2.68. The number of rotatable bonds is 5. The molecule has 0 saturated heterocycles. The van der Waals surface area contributed by atoms with Crippen molar-refractivity contribution in [3.63, 3.8) is 0 Å². The standard InChI is InChI=1S/C18H11Br11/c1-15(24,17(26,27)8-6-4-3-5-7-8)16(2,25)18(28,29)9-10(19)12(21)14(23)13(22)11(9)20/h3-7H,1-2H3. The van der Waals surface area contributed by atoms with Crippen LogP contribution in [0.25, 0.3) is 0 Å². The lowest BCUT2D eigenvalue weighted by Crippen LogP contribution is -2.57. The van der Waals surface area contributed by atoms with Crippen molar-refractivity contribution in [3.05, 3.63) is 63.8 Å². The van der Waals surface area contributed by atoms with Crippen LogP contribution in [-0.2, 0) is 6.47 Å². The van der Waals surface area contributed by atoms with Crippen LogP contribution in [0.15, 0.2) is 52.7 Å². The Bertz CT molecular complexity index is 888. The van der Waals surface area contributed by atoms with Gasteiger partial charge in [0, 0.05) is 27.9 Å². The van der Waals surface area contributed by atoms with Crippen LogP contribution in [0.4, 0.5) is 0 Å². The molecule has 0 aliphatic carbocycles. The van der Waals surface area contributed by atoms with Crippen LogP contribution < -0.4 is 0 Å². The van der Waals surface area contributed by atoms with Crippen molar-refractivity contribution in [2.24, 2.45) is 0 Å². The van der Waals surface area contributed by atoms with E-state index in [1.54, 1.807) is 0 Å². The van der Waals surface area contributed by atoms with E-state index in [2.05, 4.69) is 201 Å². The predicted octanol–water partition coefficient (Wildman–Crippen LogP) is 12.4. The minimum absolute atomic E-state index is 0.563. The molecule has 29 heavy (non-hydrogen) atoms. The van der Waals surface area contributed by atoms with Crippen molar-refractivity contribution in [2.75, 3.05) is 0 Å². The molecule has 2 aromatic carbocycles. The van der Waals surface area contributed by atoms with Crippen LogP contribution >= 0.6 is 175 Å². The fourth-order valence-electron chi connectivity index (χ4n) is 2.62. The quantitative estimate of drug-likeness (QED) is 0.159. The van der Waals surface area contributed by atoms with E-state index in [4.69, 9.17) is 0 Å². The average Bonchev–Trinajstić information content (AvgIpc) is 2.65. The smallest absolute Gasteiger partial charge is 0.0812 e. The zero-order chi connectivity index (χ0) is 22.6. The van der Waals surface area contributed by atoms with Gasteiger partial charge in [0.05, 0.1) is 8.65 Å². The SMILES string of the molecule is CC(Br)(C(Br)(Br)c1ccccc1)C(C)(Br)C(Br)(Br)c1c(Br)c(Br)c(Br)c(Br)c1Br.